The van der Waals surface area contributed by atoms with E-state index in [1.54, 1.807) is 23.9 Å². The standard InChI is InChI=1S/C26H23N7OS/c27-17(7-16-10-29-22-4-2-1-3-19(16)22)11-30-26-31-13-24(35-26)15-5-6-23-20(8-15)21(25(34)33-23)9-18-12-28-14-32-18/h1-6,8-10,12-14,17,29H,7,11,27H2,(H,28,32)(H,30,31)(H,33,34)/b21-9-/t17-/m0/s1. The number of anilines is 2. The zero-order valence-corrected chi connectivity index (χ0v) is 19.5. The molecule has 4 heterocycles. The lowest BCUT2D eigenvalue weighted by molar-refractivity contribution is -0.110. The largest absolute Gasteiger partial charge is 0.361 e. The Morgan fingerprint density at radius 2 is 2.06 bits per heavy atom. The van der Waals surface area contributed by atoms with E-state index in [0.29, 0.717) is 12.1 Å². The molecule has 1 atom stereocenters. The number of hydrogen-bond acceptors (Lipinski definition) is 6. The smallest absolute Gasteiger partial charge is 0.256 e. The first-order valence-electron chi connectivity index (χ1n) is 11.3. The van der Waals surface area contributed by atoms with Gasteiger partial charge in [0, 0.05) is 47.1 Å². The number of aromatic amines is 2. The van der Waals surface area contributed by atoms with Gasteiger partial charge in [0.05, 0.1) is 28.7 Å². The summed E-state index contributed by atoms with van der Waals surface area (Å²) < 4.78 is 0. The number of fused-ring (bicyclic) bond motifs is 2. The molecule has 0 spiro atoms. The highest BCUT2D eigenvalue weighted by Gasteiger charge is 2.25. The molecule has 0 unspecified atom stereocenters. The topological polar surface area (TPSA) is 125 Å². The number of thiazole rings is 1. The fourth-order valence-electron chi connectivity index (χ4n) is 4.35. The predicted molar refractivity (Wildman–Crippen MR) is 141 cm³/mol. The Kier molecular flexibility index (Phi) is 5.40. The lowest BCUT2D eigenvalue weighted by Gasteiger charge is -2.11. The van der Waals surface area contributed by atoms with Crippen molar-refractivity contribution >= 4 is 50.6 Å². The first-order chi connectivity index (χ1) is 17.1. The first-order valence-corrected chi connectivity index (χ1v) is 12.1. The predicted octanol–water partition coefficient (Wildman–Crippen LogP) is 4.49. The number of para-hydroxylation sites is 1. The molecule has 3 aromatic heterocycles. The summed E-state index contributed by atoms with van der Waals surface area (Å²) in [6.45, 7) is 0.617. The van der Waals surface area contributed by atoms with Crippen molar-refractivity contribution in [2.24, 2.45) is 5.73 Å². The zero-order chi connectivity index (χ0) is 23.8. The minimum absolute atomic E-state index is 0.0474. The van der Waals surface area contributed by atoms with Crippen LogP contribution in [-0.4, -0.2) is 38.4 Å². The maximum Gasteiger partial charge on any atom is 0.256 e. The molecule has 0 radical (unpaired) electrons. The second-order valence-electron chi connectivity index (χ2n) is 8.51. The van der Waals surface area contributed by atoms with Crippen molar-refractivity contribution in [2.45, 2.75) is 12.5 Å². The number of imidazole rings is 1. The number of rotatable bonds is 7. The highest BCUT2D eigenvalue weighted by Crippen LogP contribution is 2.38. The van der Waals surface area contributed by atoms with Crippen LogP contribution in [0.25, 0.3) is 33.0 Å². The third-order valence-corrected chi connectivity index (χ3v) is 7.09. The van der Waals surface area contributed by atoms with Gasteiger partial charge >= 0.3 is 0 Å². The van der Waals surface area contributed by atoms with Gasteiger partial charge in [-0.3, -0.25) is 4.79 Å². The number of carbonyl (C=O) groups is 1. The highest BCUT2D eigenvalue weighted by atomic mass is 32.1. The molecule has 0 bridgehead atoms. The van der Waals surface area contributed by atoms with Crippen molar-refractivity contribution in [1.82, 2.24) is 19.9 Å². The lowest BCUT2D eigenvalue weighted by Crippen LogP contribution is -2.31. The van der Waals surface area contributed by atoms with E-state index in [1.807, 2.05) is 48.8 Å². The minimum atomic E-state index is -0.123. The van der Waals surface area contributed by atoms with Crippen LogP contribution >= 0.6 is 11.3 Å². The summed E-state index contributed by atoms with van der Waals surface area (Å²) in [7, 11) is 0. The molecule has 35 heavy (non-hydrogen) atoms. The number of amides is 1. The monoisotopic (exact) mass is 481 g/mol. The quantitative estimate of drug-likeness (QED) is 0.219. The summed E-state index contributed by atoms with van der Waals surface area (Å²) in [4.78, 5) is 28.4. The summed E-state index contributed by atoms with van der Waals surface area (Å²) in [5.41, 5.74) is 12.8. The van der Waals surface area contributed by atoms with Gasteiger partial charge in [0.1, 0.15) is 0 Å². The van der Waals surface area contributed by atoms with Gasteiger partial charge in [0.2, 0.25) is 0 Å². The van der Waals surface area contributed by atoms with Gasteiger partial charge in [-0.1, -0.05) is 35.6 Å². The summed E-state index contributed by atoms with van der Waals surface area (Å²) >= 11 is 1.57. The normalized spacial score (nSPS) is 14.9. The average Bonchev–Trinajstić information content (AvgIpc) is 3.66. The molecule has 1 aliphatic heterocycles. The summed E-state index contributed by atoms with van der Waals surface area (Å²) in [5, 5.41) is 8.33. The molecule has 174 valence electrons. The first kappa shape index (κ1) is 21.3. The molecule has 9 heteroatoms. The molecule has 0 fully saturated rings. The average molecular weight is 482 g/mol. The van der Waals surface area contributed by atoms with Crippen molar-refractivity contribution in [1.29, 1.82) is 0 Å². The van der Waals surface area contributed by atoms with Gasteiger partial charge in [0.15, 0.2) is 5.13 Å². The Hall–Kier alpha value is -4.21. The van der Waals surface area contributed by atoms with E-state index in [9.17, 15) is 4.79 Å². The maximum absolute atomic E-state index is 12.5. The molecule has 0 saturated carbocycles. The number of nitrogens with two attached hydrogens (primary N) is 1. The Labute approximate surface area is 205 Å². The van der Waals surface area contributed by atoms with Crippen LogP contribution in [-0.2, 0) is 11.2 Å². The van der Waals surface area contributed by atoms with E-state index in [-0.39, 0.29) is 11.9 Å². The summed E-state index contributed by atoms with van der Waals surface area (Å²) in [6, 6.07) is 14.2. The van der Waals surface area contributed by atoms with E-state index < -0.39 is 0 Å². The fraction of sp³-hybridized carbons (Fsp3) is 0.115. The number of benzene rings is 2. The van der Waals surface area contributed by atoms with E-state index >= 15 is 0 Å². The molecule has 6 rings (SSSR count). The number of nitrogens with one attached hydrogen (secondary N) is 4. The van der Waals surface area contributed by atoms with Crippen molar-refractivity contribution < 1.29 is 4.79 Å². The van der Waals surface area contributed by atoms with Crippen LogP contribution in [0.3, 0.4) is 0 Å². The molecule has 0 aliphatic carbocycles. The second-order valence-corrected chi connectivity index (χ2v) is 9.54. The molecule has 2 aromatic carbocycles. The van der Waals surface area contributed by atoms with Crippen molar-refractivity contribution in [3.05, 3.63) is 84.2 Å². The van der Waals surface area contributed by atoms with Crippen LogP contribution in [0.4, 0.5) is 10.8 Å². The molecule has 1 amide bonds. The number of aromatic nitrogens is 4. The minimum Gasteiger partial charge on any atom is -0.361 e. The van der Waals surface area contributed by atoms with Gasteiger partial charge in [-0.15, -0.1) is 0 Å². The van der Waals surface area contributed by atoms with Crippen LogP contribution in [0.2, 0.25) is 0 Å². The Balaban J connectivity index is 1.15. The Bertz CT molecular complexity index is 1550. The van der Waals surface area contributed by atoms with Gasteiger partial charge in [-0.25, -0.2) is 9.97 Å². The molecule has 0 saturated heterocycles. The van der Waals surface area contributed by atoms with Gasteiger partial charge in [-0.2, -0.15) is 0 Å². The molecule has 1 aliphatic rings. The van der Waals surface area contributed by atoms with E-state index in [0.717, 1.165) is 44.5 Å². The number of carbonyl (C=O) groups excluding carboxylic acids is 1. The number of hydrogen-bond donors (Lipinski definition) is 5. The van der Waals surface area contributed by atoms with Gasteiger partial charge in [0.25, 0.3) is 5.91 Å². The number of H-pyrrole nitrogens is 2. The van der Waals surface area contributed by atoms with E-state index in [2.05, 4.69) is 42.7 Å². The highest BCUT2D eigenvalue weighted by molar-refractivity contribution is 7.18. The Morgan fingerprint density at radius 1 is 1.14 bits per heavy atom. The third-order valence-electron chi connectivity index (χ3n) is 6.08. The zero-order valence-electron chi connectivity index (χ0n) is 18.7. The van der Waals surface area contributed by atoms with Gasteiger partial charge in [-0.05, 0) is 41.8 Å². The molecular formula is C26H23N7OS. The van der Waals surface area contributed by atoms with Crippen LogP contribution in [0, 0.1) is 0 Å². The SMILES string of the molecule is N[C@H](CNc1ncc(-c2ccc3c(c2)/C(=C/c2cnc[nH]2)C(=O)N3)s1)Cc1c[nH]c2ccccc12. The molecule has 6 N–H and O–H groups in total. The summed E-state index contributed by atoms with van der Waals surface area (Å²) in [6.07, 6.45) is 9.75. The summed E-state index contributed by atoms with van der Waals surface area (Å²) in [5.74, 6) is -0.123. The van der Waals surface area contributed by atoms with Crippen LogP contribution in [0.15, 0.2) is 67.4 Å². The Morgan fingerprint density at radius 3 is 2.94 bits per heavy atom. The molecule has 8 nitrogen and oxygen atoms in total. The maximum atomic E-state index is 12.5. The van der Waals surface area contributed by atoms with Crippen LogP contribution in [0.5, 0.6) is 0 Å². The third kappa shape index (κ3) is 4.23. The van der Waals surface area contributed by atoms with Crippen LogP contribution < -0.4 is 16.4 Å². The van der Waals surface area contributed by atoms with Crippen molar-refractivity contribution in [3.8, 4) is 10.4 Å². The molecular weight excluding hydrogens is 458 g/mol. The lowest BCUT2D eigenvalue weighted by atomic mass is 10.0. The van der Waals surface area contributed by atoms with Crippen molar-refractivity contribution in [3.63, 3.8) is 0 Å². The van der Waals surface area contributed by atoms with Crippen LogP contribution in [0.1, 0.15) is 16.8 Å². The number of nitrogens with zero attached hydrogens (tertiary/aromatic N) is 2. The van der Waals surface area contributed by atoms with E-state index in [4.69, 9.17) is 5.73 Å². The molecule has 5 aromatic rings. The second kappa shape index (κ2) is 8.86. The fourth-order valence-corrected chi connectivity index (χ4v) is 5.17. The van der Waals surface area contributed by atoms with Crippen molar-refractivity contribution in [2.75, 3.05) is 17.2 Å². The van der Waals surface area contributed by atoms with E-state index in [1.165, 1.54) is 10.9 Å². The van der Waals surface area contributed by atoms with Gasteiger partial charge < -0.3 is 26.3 Å².